The second-order valence-electron chi connectivity index (χ2n) is 8.97. The van der Waals surface area contributed by atoms with Crippen LogP contribution in [0, 0.1) is 0 Å². The average molecular weight is 519 g/mol. The van der Waals surface area contributed by atoms with Gasteiger partial charge in [-0.05, 0) is 50.1 Å². The van der Waals surface area contributed by atoms with E-state index in [0.717, 1.165) is 0 Å². The minimum absolute atomic E-state index is 0.0243. The molecule has 0 atom stereocenters. The molecule has 0 amide bonds. The van der Waals surface area contributed by atoms with Crippen molar-refractivity contribution in [2.24, 2.45) is 0 Å². The number of rotatable bonds is 6. The number of benzene rings is 3. The van der Waals surface area contributed by atoms with Crippen LogP contribution in [0.4, 0.5) is 0 Å². The maximum Gasteiger partial charge on any atom is 0.186 e. The summed E-state index contributed by atoms with van der Waals surface area (Å²) in [6.45, 7) is 4.85. The van der Waals surface area contributed by atoms with Gasteiger partial charge in [0, 0.05) is 49.9 Å². The van der Waals surface area contributed by atoms with E-state index < -0.39 is 0 Å². The van der Waals surface area contributed by atoms with Crippen molar-refractivity contribution in [3.05, 3.63) is 105 Å². The summed E-state index contributed by atoms with van der Waals surface area (Å²) in [6, 6.07) is 19.5. The van der Waals surface area contributed by atoms with E-state index in [1.54, 1.807) is 20.8 Å². The zero-order chi connectivity index (χ0) is 24.7. The average Bonchev–Trinajstić information content (AvgIpc) is 2.84. The van der Waals surface area contributed by atoms with Crippen LogP contribution < -0.4 is 0 Å². The summed E-state index contributed by atoms with van der Waals surface area (Å²) in [4.78, 5) is 35.5. The predicted octanol–water partition coefficient (Wildman–Crippen LogP) is 7.01. The van der Waals surface area contributed by atoms with Crippen molar-refractivity contribution in [1.29, 1.82) is 0 Å². The first-order valence-corrected chi connectivity index (χ1v) is 14.6. The van der Waals surface area contributed by atoms with Crippen molar-refractivity contribution in [3.8, 4) is 0 Å². The van der Waals surface area contributed by atoms with Gasteiger partial charge in [0.25, 0.3) is 0 Å². The first-order valence-electron chi connectivity index (χ1n) is 11.6. The molecule has 0 unspecified atom stereocenters. The van der Waals surface area contributed by atoms with Crippen molar-refractivity contribution >= 4 is 50.6 Å². The Bertz CT molecular complexity index is 1200. The fourth-order valence-corrected chi connectivity index (χ4v) is 7.39. The molecule has 6 heteroatoms. The first kappa shape index (κ1) is 24.4. The number of carbonyl (C=O) groups is 3. The topological polar surface area (TPSA) is 51.2 Å². The van der Waals surface area contributed by atoms with Gasteiger partial charge in [-0.25, -0.2) is 0 Å². The van der Waals surface area contributed by atoms with Crippen LogP contribution in [0.3, 0.4) is 0 Å². The molecule has 35 heavy (non-hydrogen) atoms. The van der Waals surface area contributed by atoms with Gasteiger partial charge >= 0.3 is 0 Å². The van der Waals surface area contributed by atoms with Gasteiger partial charge in [0.1, 0.15) is 0 Å². The van der Waals surface area contributed by atoms with Crippen molar-refractivity contribution < 1.29 is 14.4 Å². The van der Waals surface area contributed by atoms with Gasteiger partial charge in [-0.3, -0.25) is 14.4 Å². The Morgan fingerprint density at radius 1 is 0.543 bits per heavy atom. The molecular weight excluding hydrogens is 493 g/mol. The van der Waals surface area contributed by atoms with E-state index in [0.29, 0.717) is 17.3 Å². The third kappa shape index (κ3) is 4.52. The number of hydrogen-bond donors (Lipinski definition) is 0. The molecule has 0 radical (unpaired) electrons. The standard InChI is InChI=1S/C29H26O3S3/c1-16(30)33-13-19-7-4-10-22-25(19)29-26-20(14-34-17(2)31)8-5-11-23(26)28(22)24-12-6-9-21(27(24)29)15-35-18(3)32/h4-12,28-29H,13-15H2,1-3H3. The van der Waals surface area contributed by atoms with Crippen LogP contribution in [0.1, 0.15) is 82.7 Å². The lowest BCUT2D eigenvalue weighted by Crippen LogP contribution is -2.30. The molecule has 0 spiro atoms. The third-order valence-electron chi connectivity index (χ3n) is 6.78. The highest BCUT2D eigenvalue weighted by molar-refractivity contribution is 8.13. The van der Waals surface area contributed by atoms with Crippen molar-refractivity contribution in [3.63, 3.8) is 0 Å². The minimum atomic E-state index is 0.0243. The molecule has 3 aliphatic carbocycles. The zero-order valence-electron chi connectivity index (χ0n) is 19.9. The molecule has 6 rings (SSSR count). The minimum Gasteiger partial charge on any atom is -0.288 e. The molecule has 0 aromatic heterocycles. The summed E-state index contributed by atoms with van der Waals surface area (Å²) in [5.41, 5.74) is 11.4. The Hall–Kier alpha value is -2.28. The van der Waals surface area contributed by atoms with Crippen LogP contribution in [0.2, 0.25) is 0 Å². The number of carbonyl (C=O) groups excluding carboxylic acids is 3. The van der Waals surface area contributed by atoms with Crippen molar-refractivity contribution in [1.82, 2.24) is 0 Å². The molecule has 0 saturated carbocycles. The quantitative estimate of drug-likeness (QED) is 0.241. The molecule has 0 fully saturated rings. The van der Waals surface area contributed by atoms with Gasteiger partial charge in [-0.15, -0.1) is 0 Å². The zero-order valence-corrected chi connectivity index (χ0v) is 22.4. The van der Waals surface area contributed by atoms with Gasteiger partial charge in [0.15, 0.2) is 15.3 Å². The Morgan fingerprint density at radius 2 is 0.857 bits per heavy atom. The Morgan fingerprint density at radius 3 is 1.14 bits per heavy atom. The fourth-order valence-electron chi connectivity index (χ4n) is 5.56. The lowest BCUT2D eigenvalue weighted by molar-refractivity contribution is -0.109. The van der Waals surface area contributed by atoms with Gasteiger partial charge in [0.2, 0.25) is 0 Å². The molecule has 3 aromatic carbocycles. The molecule has 178 valence electrons. The molecule has 0 aliphatic heterocycles. The monoisotopic (exact) mass is 518 g/mol. The third-order valence-corrected chi connectivity index (χ3v) is 9.37. The van der Waals surface area contributed by atoms with Crippen LogP contribution in [0.5, 0.6) is 0 Å². The molecule has 3 aliphatic rings. The van der Waals surface area contributed by atoms with E-state index in [4.69, 9.17) is 0 Å². The smallest absolute Gasteiger partial charge is 0.186 e. The summed E-state index contributed by atoms with van der Waals surface area (Å²) in [6.07, 6.45) is 0. The maximum atomic E-state index is 11.8. The Balaban J connectivity index is 1.74. The highest BCUT2D eigenvalue weighted by Gasteiger charge is 2.44. The summed E-state index contributed by atoms with van der Waals surface area (Å²) in [7, 11) is 0. The number of hydrogen-bond acceptors (Lipinski definition) is 6. The predicted molar refractivity (Wildman–Crippen MR) is 147 cm³/mol. The SMILES string of the molecule is CC(=O)SCc1cccc2c1C1c3c(CSC(C)=O)cccc3C2c2cccc(CSC(C)=O)c21. The molecule has 0 N–H and O–H groups in total. The van der Waals surface area contributed by atoms with Gasteiger partial charge < -0.3 is 0 Å². The van der Waals surface area contributed by atoms with E-state index >= 15 is 0 Å². The van der Waals surface area contributed by atoms with Gasteiger partial charge in [0.05, 0.1) is 0 Å². The lowest BCUT2D eigenvalue weighted by Gasteiger charge is -2.45. The van der Waals surface area contributed by atoms with E-state index in [-0.39, 0.29) is 27.2 Å². The first-order chi connectivity index (χ1) is 16.9. The molecule has 0 heterocycles. The highest BCUT2D eigenvalue weighted by Crippen LogP contribution is 2.58. The lowest BCUT2D eigenvalue weighted by atomic mass is 9.59. The van der Waals surface area contributed by atoms with Gasteiger partial charge in [-0.2, -0.15) is 0 Å². The van der Waals surface area contributed by atoms with E-state index in [9.17, 15) is 14.4 Å². The van der Waals surface area contributed by atoms with Crippen molar-refractivity contribution in [2.75, 3.05) is 0 Å². The van der Waals surface area contributed by atoms with E-state index in [1.165, 1.54) is 85.4 Å². The Kier molecular flexibility index (Phi) is 6.97. The van der Waals surface area contributed by atoms with Crippen LogP contribution >= 0.6 is 35.3 Å². The van der Waals surface area contributed by atoms with Crippen LogP contribution in [-0.4, -0.2) is 15.3 Å². The summed E-state index contributed by atoms with van der Waals surface area (Å²) < 4.78 is 0. The molecule has 3 aromatic rings. The van der Waals surface area contributed by atoms with Crippen molar-refractivity contribution in [2.45, 2.75) is 49.9 Å². The maximum absolute atomic E-state index is 11.8. The fraction of sp³-hybridized carbons (Fsp3) is 0.276. The highest BCUT2D eigenvalue weighted by atomic mass is 32.2. The molecule has 0 saturated heterocycles. The summed E-state index contributed by atoms with van der Waals surface area (Å²) in [5.74, 6) is 2.05. The summed E-state index contributed by atoms with van der Waals surface area (Å²) in [5, 5.41) is 0.337. The second-order valence-corrected chi connectivity index (χ2v) is 12.4. The van der Waals surface area contributed by atoms with Crippen LogP contribution in [0.25, 0.3) is 0 Å². The molecule has 2 bridgehead atoms. The molecular formula is C29H26O3S3. The van der Waals surface area contributed by atoms with Crippen LogP contribution in [-0.2, 0) is 31.6 Å². The van der Waals surface area contributed by atoms with Crippen LogP contribution in [0.15, 0.2) is 54.6 Å². The molecule has 3 nitrogen and oxygen atoms in total. The number of thioether (sulfide) groups is 3. The largest absolute Gasteiger partial charge is 0.288 e. The van der Waals surface area contributed by atoms with E-state index in [1.807, 2.05) is 0 Å². The van der Waals surface area contributed by atoms with Gasteiger partial charge in [-0.1, -0.05) is 89.9 Å². The Labute approximate surface area is 218 Å². The summed E-state index contributed by atoms with van der Waals surface area (Å²) >= 11 is 4.04. The normalized spacial score (nSPS) is 16.9. The van der Waals surface area contributed by atoms with E-state index in [2.05, 4.69) is 54.6 Å². The second kappa shape index (κ2) is 10.00.